The molecule has 8 heteroatoms. The standard InChI is InChI=1S/C50H38ClNO5S/c51-41-18-20-42(21-19-41)57-49-44-29-45(56-33-39-13-7-12-38(28-39)27-35-10-5-2-6-11-35)46(55-32-37-16-14-36(15-17-37)26-34-8-3-1-4-9-34)31-47(44)58-48(49)30-43(50(53)54)40-22-24-52-25-23-40/h1-25,28-31H,26-27,32-33H2,(H,53,54)/b43-30+. The van der Waals surface area contributed by atoms with Crippen LogP contribution >= 0.6 is 22.9 Å². The molecule has 0 aliphatic carbocycles. The van der Waals surface area contributed by atoms with Gasteiger partial charge in [0.1, 0.15) is 19.0 Å². The van der Waals surface area contributed by atoms with Crippen LogP contribution in [0.2, 0.25) is 5.02 Å². The number of ether oxygens (including phenoxy) is 3. The van der Waals surface area contributed by atoms with Gasteiger partial charge in [-0.3, -0.25) is 4.98 Å². The van der Waals surface area contributed by atoms with Crippen molar-refractivity contribution in [3.63, 3.8) is 0 Å². The predicted octanol–water partition coefficient (Wildman–Crippen LogP) is 12.7. The highest BCUT2D eigenvalue weighted by atomic mass is 35.5. The Labute approximate surface area is 346 Å². The lowest BCUT2D eigenvalue weighted by molar-refractivity contribution is -0.130. The van der Waals surface area contributed by atoms with E-state index in [0.717, 1.165) is 34.1 Å². The summed E-state index contributed by atoms with van der Waals surface area (Å²) in [6.07, 6.45) is 6.45. The molecule has 1 N–H and O–H groups in total. The zero-order chi connectivity index (χ0) is 39.7. The van der Waals surface area contributed by atoms with Crippen LogP contribution in [0.1, 0.15) is 43.8 Å². The van der Waals surface area contributed by atoms with Crippen molar-refractivity contribution in [1.29, 1.82) is 0 Å². The molecule has 2 aromatic heterocycles. The maximum Gasteiger partial charge on any atom is 0.336 e. The lowest BCUT2D eigenvalue weighted by Crippen LogP contribution is -2.01. The second-order valence-corrected chi connectivity index (χ2v) is 15.3. The van der Waals surface area contributed by atoms with E-state index in [0.29, 0.717) is 51.7 Å². The van der Waals surface area contributed by atoms with Crippen molar-refractivity contribution in [2.75, 3.05) is 0 Å². The van der Waals surface area contributed by atoms with E-state index in [-0.39, 0.29) is 5.57 Å². The predicted molar refractivity (Wildman–Crippen MR) is 233 cm³/mol. The molecule has 58 heavy (non-hydrogen) atoms. The summed E-state index contributed by atoms with van der Waals surface area (Å²) in [7, 11) is 0. The number of halogens is 1. The normalized spacial score (nSPS) is 11.4. The first kappa shape index (κ1) is 38.2. The minimum absolute atomic E-state index is 0.106. The Morgan fingerprint density at radius 2 is 1.19 bits per heavy atom. The van der Waals surface area contributed by atoms with E-state index in [4.69, 9.17) is 25.8 Å². The molecule has 0 bridgehead atoms. The Kier molecular flexibility index (Phi) is 11.9. The molecule has 0 atom stereocenters. The Morgan fingerprint density at radius 1 is 0.621 bits per heavy atom. The van der Waals surface area contributed by atoms with E-state index in [1.807, 2.05) is 24.3 Å². The van der Waals surface area contributed by atoms with Gasteiger partial charge in [-0.05, 0) is 100 Å². The van der Waals surface area contributed by atoms with Crippen molar-refractivity contribution in [3.8, 4) is 23.0 Å². The Hall–Kier alpha value is -6.67. The van der Waals surface area contributed by atoms with Crippen LogP contribution in [-0.2, 0) is 30.8 Å². The van der Waals surface area contributed by atoms with E-state index >= 15 is 0 Å². The molecule has 0 saturated heterocycles. The van der Waals surface area contributed by atoms with Gasteiger partial charge in [-0.1, -0.05) is 121 Å². The van der Waals surface area contributed by atoms with Crippen LogP contribution in [0.25, 0.3) is 21.7 Å². The van der Waals surface area contributed by atoms with E-state index in [1.165, 1.54) is 33.6 Å². The number of rotatable bonds is 15. The van der Waals surface area contributed by atoms with Crippen molar-refractivity contribution >= 4 is 50.6 Å². The summed E-state index contributed by atoms with van der Waals surface area (Å²) in [5.41, 5.74) is 7.56. The topological polar surface area (TPSA) is 77.9 Å². The largest absolute Gasteiger partial charge is 0.485 e. The van der Waals surface area contributed by atoms with Crippen molar-refractivity contribution in [3.05, 3.63) is 219 Å². The third kappa shape index (κ3) is 9.64. The summed E-state index contributed by atoms with van der Waals surface area (Å²) < 4.78 is 20.6. The number of carboxylic acids is 1. The summed E-state index contributed by atoms with van der Waals surface area (Å²) in [5, 5.41) is 11.7. The lowest BCUT2D eigenvalue weighted by atomic mass is 10.0. The van der Waals surface area contributed by atoms with Crippen LogP contribution in [0.3, 0.4) is 0 Å². The van der Waals surface area contributed by atoms with E-state index in [1.54, 1.807) is 54.9 Å². The molecule has 0 amide bonds. The molecule has 6 nitrogen and oxygen atoms in total. The van der Waals surface area contributed by atoms with Gasteiger partial charge in [0.15, 0.2) is 17.2 Å². The Balaban J connectivity index is 1.16. The number of benzene rings is 6. The first-order valence-electron chi connectivity index (χ1n) is 18.8. The number of pyridine rings is 1. The number of carbonyl (C=O) groups is 1. The van der Waals surface area contributed by atoms with Crippen molar-refractivity contribution in [2.24, 2.45) is 0 Å². The molecule has 8 aromatic rings. The fraction of sp³-hybridized carbons (Fsp3) is 0.0800. The summed E-state index contributed by atoms with van der Waals surface area (Å²) in [4.78, 5) is 17.3. The lowest BCUT2D eigenvalue weighted by Gasteiger charge is -2.15. The SMILES string of the molecule is O=C(O)/C(=C/c1sc2cc(OCc3ccc(Cc4ccccc4)cc3)c(OCc3cccc(Cc4ccccc4)c3)cc2c1Oc1ccc(Cl)cc1)c1ccncc1. The second-order valence-electron chi connectivity index (χ2n) is 13.8. The van der Waals surface area contributed by atoms with Crippen LogP contribution in [0.4, 0.5) is 0 Å². The number of aliphatic carboxylic acids is 1. The van der Waals surface area contributed by atoms with Gasteiger partial charge in [0.2, 0.25) is 0 Å². The molecule has 0 unspecified atom stereocenters. The quantitative estimate of drug-likeness (QED) is 0.104. The van der Waals surface area contributed by atoms with Gasteiger partial charge >= 0.3 is 5.97 Å². The van der Waals surface area contributed by atoms with Gasteiger partial charge in [0.25, 0.3) is 0 Å². The molecule has 286 valence electrons. The maximum absolute atomic E-state index is 12.6. The van der Waals surface area contributed by atoms with Gasteiger partial charge in [-0.25, -0.2) is 4.79 Å². The van der Waals surface area contributed by atoms with Crippen molar-refractivity contribution < 1.29 is 24.1 Å². The van der Waals surface area contributed by atoms with E-state index in [2.05, 4.69) is 102 Å². The minimum Gasteiger partial charge on any atom is -0.485 e. The highest BCUT2D eigenvalue weighted by Crippen LogP contribution is 2.47. The smallest absolute Gasteiger partial charge is 0.336 e. The average Bonchev–Trinajstić information content (AvgIpc) is 3.58. The molecular weight excluding hydrogens is 762 g/mol. The highest BCUT2D eigenvalue weighted by Gasteiger charge is 2.21. The van der Waals surface area contributed by atoms with Crippen molar-refractivity contribution in [2.45, 2.75) is 26.1 Å². The number of hydrogen-bond acceptors (Lipinski definition) is 6. The summed E-state index contributed by atoms with van der Waals surface area (Å²) in [5.74, 6) is 1.06. The highest BCUT2D eigenvalue weighted by molar-refractivity contribution is 7.20. The molecule has 6 aromatic carbocycles. The zero-order valence-corrected chi connectivity index (χ0v) is 33.0. The molecule has 0 aliphatic heterocycles. The number of fused-ring (bicyclic) bond motifs is 1. The van der Waals surface area contributed by atoms with Gasteiger partial charge in [0, 0.05) is 33.6 Å². The van der Waals surface area contributed by atoms with Crippen LogP contribution in [-0.4, -0.2) is 16.1 Å². The van der Waals surface area contributed by atoms with Crippen LogP contribution < -0.4 is 14.2 Å². The summed E-state index contributed by atoms with van der Waals surface area (Å²) >= 11 is 7.63. The van der Waals surface area contributed by atoms with Crippen LogP contribution in [0.15, 0.2) is 170 Å². The van der Waals surface area contributed by atoms with Crippen molar-refractivity contribution in [1.82, 2.24) is 4.98 Å². The van der Waals surface area contributed by atoms with Crippen LogP contribution in [0, 0.1) is 0 Å². The van der Waals surface area contributed by atoms with Crippen LogP contribution in [0.5, 0.6) is 23.0 Å². The first-order valence-corrected chi connectivity index (χ1v) is 20.0. The van der Waals surface area contributed by atoms with E-state index < -0.39 is 5.97 Å². The first-order chi connectivity index (χ1) is 28.4. The van der Waals surface area contributed by atoms with E-state index in [9.17, 15) is 9.90 Å². The third-order valence-electron chi connectivity index (χ3n) is 9.57. The number of hydrogen-bond donors (Lipinski definition) is 1. The summed E-state index contributed by atoms with van der Waals surface area (Å²) in [6, 6.07) is 51.9. The fourth-order valence-electron chi connectivity index (χ4n) is 6.65. The maximum atomic E-state index is 12.6. The zero-order valence-electron chi connectivity index (χ0n) is 31.4. The number of carboxylic acid groups (broad SMARTS) is 1. The molecule has 0 spiro atoms. The second kappa shape index (κ2) is 18.1. The average molecular weight is 800 g/mol. The molecule has 0 radical (unpaired) electrons. The van der Waals surface area contributed by atoms with Gasteiger partial charge < -0.3 is 19.3 Å². The number of aromatic nitrogens is 1. The third-order valence-corrected chi connectivity index (χ3v) is 10.9. The Morgan fingerprint density at radius 3 is 1.86 bits per heavy atom. The number of thiophene rings is 1. The molecule has 0 saturated carbocycles. The van der Waals surface area contributed by atoms with Gasteiger partial charge in [0.05, 0.1) is 10.5 Å². The fourth-order valence-corrected chi connectivity index (χ4v) is 7.86. The summed E-state index contributed by atoms with van der Waals surface area (Å²) in [6.45, 7) is 0.617. The molecule has 0 fully saturated rings. The Bertz CT molecular complexity index is 2660. The van der Waals surface area contributed by atoms with Gasteiger partial charge in [-0.2, -0.15) is 0 Å². The molecule has 0 aliphatic rings. The number of nitrogens with zero attached hydrogens (tertiary/aromatic N) is 1. The molecule has 2 heterocycles. The molecular formula is C50H38ClNO5S. The van der Waals surface area contributed by atoms with Gasteiger partial charge in [-0.15, -0.1) is 11.3 Å². The molecule has 8 rings (SSSR count). The minimum atomic E-state index is -1.07. The monoisotopic (exact) mass is 799 g/mol.